The number of aryl methyl sites for hydroxylation is 3. The van der Waals surface area contributed by atoms with Crippen molar-refractivity contribution in [2.75, 3.05) is 0 Å². The highest BCUT2D eigenvalue weighted by atomic mass is 35.5. The maximum absolute atomic E-state index is 13.4. The first-order valence-electron chi connectivity index (χ1n) is 9.45. The van der Waals surface area contributed by atoms with Crippen LogP contribution in [0.15, 0.2) is 69.9 Å². The van der Waals surface area contributed by atoms with Gasteiger partial charge in [0.15, 0.2) is 5.76 Å². The van der Waals surface area contributed by atoms with Gasteiger partial charge in [-0.25, -0.2) is 0 Å². The average molecular weight is 405 g/mol. The Morgan fingerprint density at radius 2 is 1.72 bits per heavy atom. The van der Waals surface area contributed by atoms with E-state index in [0.717, 1.165) is 22.3 Å². The molecule has 1 aromatic heterocycles. The van der Waals surface area contributed by atoms with Gasteiger partial charge in [0.1, 0.15) is 12.2 Å². The Labute approximate surface area is 174 Å². The van der Waals surface area contributed by atoms with Gasteiger partial charge in [-0.15, -0.1) is 0 Å². The Balaban J connectivity index is 1.92. The summed E-state index contributed by atoms with van der Waals surface area (Å²) in [6, 6.07) is 19.1. The summed E-state index contributed by atoms with van der Waals surface area (Å²) < 4.78 is 12.3. The molecular weight excluding hydrogens is 384 g/mol. The molecule has 0 aliphatic rings. The molecule has 0 bridgehead atoms. The second kappa shape index (κ2) is 7.76. The maximum Gasteiger partial charge on any atom is 0.235 e. The monoisotopic (exact) mass is 404 g/mol. The van der Waals surface area contributed by atoms with E-state index in [2.05, 4.69) is 0 Å². The van der Waals surface area contributed by atoms with Crippen LogP contribution in [0.3, 0.4) is 0 Å². The Morgan fingerprint density at radius 1 is 0.931 bits per heavy atom. The van der Waals surface area contributed by atoms with E-state index in [0.29, 0.717) is 27.3 Å². The van der Waals surface area contributed by atoms with E-state index in [-0.39, 0.29) is 17.8 Å². The van der Waals surface area contributed by atoms with Crippen LogP contribution in [-0.4, -0.2) is 0 Å². The summed E-state index contributed by atoms with van der Waals surface area (Å²) in [5, 5.41) is 1.03. The molecule has 0 unspecified atom stereocenters. The van der Waals surface area contributed by atoms with Crippen LogP contribution < -0.4 is 10.2 Å². The van der Waals surface area contributed by atoms with E-state index in [4.69, 9.17) is 20.8 Å². The van der Waals surface area contributed by atoms with Gasteiger partial charge in [-0.2, -0.15) is 0 Å². The Hall–Kier alpha value is -3.04. The molecule has 29 heavy (non-hydrogen) atoms. The molecule has 0 atom stereocenters. The molecule has 0 fully saturated rings. The van der Waals surface area contributed by atoms with Gasteiger partial charge in [-0.3, -0.25) is 4.79 Å². The molecule has 0 spiro atoms. The number of ether oxygens (including phenoxy) is 1. The number of benzene rings is 3. The zero-order valence-corrected chi connectivity index (χ0v) is 17.3. The van der Waals surface area contributed by atoms with Gasteiger partial charge in [0, 0.05) is 5.56 Å². The van der Waals surface area contributed by atoms with Crippen LogP contribution in [0.1, 0.15) is 22.3 Å². The van der Waals surface area contributed by atoms with E-state index in [1.165, 1.54) is 0 Å². The summed E-state index contributed by atoms with van der Waals surface area (Å²) in [5.74, 6) is 0.532. The third-order valence-electron chi connectivity index (χ3n) is 4.88. The van der Waals surface area contributed by atoms with Crippen molar-refractivity contribution in [3.8, 4) is 17.1 Å². The molecule has 4 rings (SSSR count). The van der Waals surface area contributed by atoms with E-state index in [9.17, 15) is 4.79 Å². The number of fused-ring (bicyclic) bond motifs is 1. The first-order chi connectivity index (χ1) is 13.9. The predicted molar refractivity (Wildman–Crippen MR) is 118 cm³/mol. The molecule has 3 aromatic carbocycles. The largest absolute Gasteiger partial charge is 0.481 e. The second-order valence-corrected chi connectivity index (χ2v) is 7.71. The van der Waals surface area contributed by atoms with E-state index in [1.54, 1.807) is 6.07 Å². The summed E-state index contributed by atoms with van der Waals surface area (Å²) in [4.78, 5) is 13.4. The molecule has 0 amide bonds. The van der Waals surface area contributed by atoms with Gasteiger partial charge in [0.25, 0.3) is 0 Å². The third-order valence-corrected chi connectivity index (χ3v) is 5.21. The van der Waals surface area contributed by atoms with E-state index >= 15 is 0 Å². The lowest BCUT2D eigenvalue weighted by Crippen LogP contribution is -2.11. The summed E-state index contributed by atoms with van der Waals surface area (Å²) in [7, 11) is 0. The van der Waals surface area contributed by atoms with Gasteiger partial charge in [0.05, 0.1) is 10.4 Å². The van der Waals surface area contributed by atoms with E-state index in [1.807, 2.05) is 75.4 Å². The summed E-state index contributed by atoms with van der Waals surface area (Å²) in [6.45, 7) is 6.17. The molecule has 0 saturated heterocycles. The van der Waals surface area contributed by atoms with Crippen LogP contribution in [0.5, 0.6) is 5.75 Å². The molecule has 0 saturated carbocycles. The van der Waals surface area contributed by atoms with Crippen molar-refractivity contribution < 1.29 is 9.15 Å². The lowest BCUT2D eigenvalue weighted by atomic mass is 10.0. The molecular formula is C25H21ClO3. The Morgan fingerprint density at radius 3 is 2.48 bits per heavy atom. The van der Waals surface area contributed by atoms with Gasteiger partial charge in [-0.1, -0.05) is 59.6 Å². The second-order valence-electron chi connectivity index (χ2n) is 7.30. The van der Waals surface area contributed by atoms with Gasteiger partial charge in [-0.05, 0) is 55.7 Å². The quantitative estimate of drug-likeness (QED) is 0.383. The number of rotatable bonds is 4. The van der Waals surface area contributed by atoms with Crippen LogP contribution in [0.25, 0.3) is 22.3 Å². The predicted octanol–water partition coefficient (Wildman–Crippen LogP) is 6.62. The van der Waals surface area contributed by atoms with Crippen LogP contribution in [0.4, 0.5) is 0 Å². The highest BCUT2D eigenvalue weighted by molar-refractivity contribution is 6.33. The van der Waals surface area contributed by atoms with Gasteiger partial charge >= 0.3 is 0 Å². The van der Waals surface area contributed by atoms with Gasteiger partial charge in [0.2, 0.25) is 11.2 Å². The Bertz CT molecular complexity index is 1270. The smallest absolute Gasteiger partial charge is 0.235 e. The Kier molecular flexibility index (Phi) is 5.16. The first kappa shape index (κ1) is 19.3. The average Bonchev–Trinajstić information content (AvgIpc) is 2.67. The zero-order valence-electron chi connectivity index (χ0n) is 16.6. The maximum atomic E-state index is 13.4. The molecule has 4 aromatic rings. The zero-order chi connectivity index (χ0) is 20.5. The highest BCUT2D eigenvalue weighted by Gasteiger charge is 2.21. The minimum Gasteiger partial charge on any atom is -0.481 e. The minimum atomic E-state index is -0.189. The highest BCUT2D eigenvalue weighted by Crippen LogP contribution is 2.36. The van der Waals surface area contributed by atoms with Crippen molar-refractivity contribution >= 4 is 22.6 Å². The minimum absolute atomic E-state index is 0.180. The first-order valence-corrected chi connectivity index (χ1v) is 9.83. The van der Waals surface area contributed by atoms with Crippen LogP contribution >= 0.6 is 11.6 Å². The standard InChI is InChI=1S/C25H21ClO3/c1-15-7-6-8-18(12-15)14-28-25-23(27)22-17(3)11-16(2)13-21(22)29-24(25)19-9-4-5-10-20(19)26/h4-13H,14H2,1-3H3. The number of hydrogen-bond acceptors (Lipinski definition) is 3. The molecule has 0 aliphatic carbocycles. The van der Waals surface area contributed by atoms with Crippen LogP contribution in [0.2, 0.25) is 5.02 Å². The normalized spacial score (nSPS) is 11.0. The summed E-state index contributed by atoms with van der Waals surface area (Å²) in [6.07, 6.45) is 0. The van der Waals surface area contributed by atoms with Crippen molar-refractivity contribution in [1.29, 1.82) is 0 Å². The molecule has 1 heterocycles. The van der Waals surface area contributed by atoms with E-state index < -0.39 is 0 Å². The molecule has 0 aliphatic heterocycles. The third kappa shape index (κ3) is 3.79. The van der Waals surface area contributed by atoms with Crippen molar-refractivity contribution in [3.63, 3.8) is 0 Å². The number of hydrogen-bond donors (Lipinski definition) is 0. The van der Waals surface area contributed by atoms with Crippen LogP contribution in [-0.2, 0) is 6.61 Å². The van der Waals surface area contributed by atoms with Crippen molar-refractivity contribution in [2.45, 2.75) is 27.4 Å². The summed E-state index contributed by atoms with van der Waals surface area (Å²) >= 11 is 6.42. The van der Waals surface area contributed by atoms with Crippen molar-refractivity contribution in [1.82, 2.24) is 0 Å². The molecule has 3 nitrogen and oxygen atoms in total. The number of halogens is 1. The molecule has 0 radical (unpaired) electrons. The molecule has 146 valence electrons. The fourth-order valence-electron chi connectivity index (χ4n) is 3.58. The van der Waals surface area contributed by atoms with Crippen molar-refractivity contribution in [3.05, 3.63) is 98.2 Å². The molecule has 0 N–H and O–H groups in total. The topological polar surface area (TPSA) is 39.4 Å². The van der Waals surface area contributed by atoms with Crippen molar-refractivity contribution in [2.24, 2.45) is 0 Å². The lowest BCUT2D eigenvalue weighted by Gasteiger charge is -2.14. The fraction of sp³-hybridized carbons (Fsp3) is 0.160. The van der Waals surface area contributed by atoms with Gasteiger partial charge < -0.3 is 9.15 Å². The molecule has 4 heteroatoms. The van der Waals surface area contributed by atoms with Crippen LogP contribution in [0, 0.1) is 20.8 Å². The summed E-state index contributed by atoms with van der Waals surface area (Å²) in [5.41, 5.74) is 4.98. The SMILES string of the molecule is Cc1cccc(COc2c(-c3ccccc3Cl)oc3cc(C)cc(C)c3c2=O)c1. The fourth-order valence-corrected chi connectivity index (χ4v) is 3.81. The lowest BCUT2D eigenvalue weighted by molar-refractivity contribution is 0.298.